The Hall–Kier alpha value is -1.28. The van der Waals surface area contributed by atoms with Crippen molar-refractivity contribution in [1.82, 2.24) is 0 Å². The fraction of sp³-hybridized carbons (Fsp3) is 0.200. The van der Waals surface area contributed by atoms with Crippen LogP contribution in [0.1, 0.15) is 11.1 Å². The maximum atomic E-state index is 7.62. The number of hydrogen-bond donors (Lipinski definition) is 0. The van der Waals surface area contributed by atoms with Crippen LogP contribution in [0.3, 0.4) is 0 Å². The number of rotatable bonds is 0. The van der Waals surface area contributed by atoms with Gasteiger partial charge in [0.1, 0.15) is 0 Å². The van der Waals surface area contributed by atoms with Crippen molar-refractivity contribution in [2.24, 2.45) is 0 Å². The molecule has 0 aromatic heterocycles. The number of hydrogen-bond acceptors (Lipinski definition) is 2. The van der Waals surface area contributed by atoms with E-state index in [4.69, 9.17) is 10.5 Å². The zero-order valence-corrected chi connectivity index (χ0v) is 9.33. The average molecular weight is 237 g/mol. The van der Waals surface area contributed by atoms with Gasteiger partial charge in [-0.05, 0) is 13.8 Å². The van der Waals surface area contributed by atoms with Crippen molar-refractivity contribution in [2.45, 2.75) is 13.8 Å². The Bertz CT molecular complexity index is 304. The second-order valence-corrected chi connectivity index (χ2v) is 3.64. The van der Waals surface area contributed by atoms with Gasteiger partial charge in [-0.15, -0.1) is 0 Å². The van der Waals surface area contributed by atoms with E-state index in [1.165, 1.54) is 11.1 Å². The molecule has 1 aromatic carbocycles. The van der Waals surface area contributed by atoms with Crippen LogP contribution in [0.25, 0.3) is 0 Å². The molecule has 0 radical (unpaired) electrons. The molecule has 1 rings (SSSR count). The first-order chi connectivity index (χ1) is 6.20. The summed E-state index contributed by atoms with van der Waals surface area (Å²) in [4.78, 5) is 3.44. The van der Waals surface area contributed by atoms with Gasteiger partial charge >= 0.3 is 35.4 Å². The zero-order chi connectivity index (χ0) is 10.1. The van der Waals surface area contributed by atoms with Crippen LogP contribution in [0.15, 0.2) is 24.3 Å². The van der Waals surface area contributed by atoms with Crippen LogP contribution in [0.2, 0.25) is 0 Å². The number of benzene rings is 1. The normalized spacial score (nSPS) is 7.38. The third-order valence-electron chi connectivity index (χ3n) is 1.26. The van der Waals surface area contributed by atoms with Gasteiger partial charge in [-0.3, -0.25) is 0 Å². The molecule has 0 bridgehead atoms. The van der Waals surface area contributed by atoms with Gasteiger partial charge in [-0.1, -0.05) is 35.4 Å². The third kappa shape index (κ3) is 7.09. The molecule has 0 fully saturated rings. The van der Waals surface area contributed by atoms with Crippen LogP contribution in [0.4, 0.5) is 0 Å². The van der Waals surface area contributed by atoms with Crippen molar-refractivity contribution in [3.63, 3.8) is 0 Å². The molecule has 1 aromatic rings. The van der Waals surface area contributed by atoms with Gasteiger partial charge in [0, 0.05) is 0 Å². The Morgan fingerprint density at radius 1 is 1.08 bits per heavy atom. The molecular formula is C10H10N2Se. The van der Waals surface area contributed by atoms with E-state index in [9.17, 15) is 0 Å². The van der Waals surface area contributed by atoms with E-state index in [1.54, 1.807) is 9.94 Å². The number of nitriles is 2. The minimum absolute atomic E-state index is 0.431. The molecule has 0 N–H and O–H groups in total. The molecule has 0 aliphatic heterocycles. The Labute approximate surface area is 85.0 Å². The van der Waals surface area contributed by atoms with Gasteiger partial charge in [-0.25, -0.2) is 0 Å². The number of aryl methyl sites for hydroxylation is 2. The summed E-state index contributed by atoms with van der Waals surface area (Å²) in [5.41, 5.74) is 2.68. The molecule has 0 aliphatic rings. The van der Waals surface area contributed by atoms with Crippen molar-refractivity contribution >= 4 is 15.0 Å². The Kier molecular flexibility index (Phi) is 6.65. The van der Waals surface area contributed by atoms with E-state index < -0.39 is 15.0 Å². The standard InChI is InChI=1S/C8H10.C2N2Se/c1-7-4-3-5-8(2)6-7;3-1-5-2-4/h3-6H,1-2H3;. The molecule has 0 atom stereocenters. The fourth-order valence-corrected chi connectivity index (χ4v) is 0.913. The van der Waals surface area contributed by atoms with Gasteiger partial charge in [0.15, 0.2) is 0 Å². The molecule has 0 spiro atoms. The monoisotopic (exact) mass is 238 g/mol. The summed E-state index contributed by atoms with van der Waals surface area (Å²) in [7, 11) is 0. The molecule has 0 saturated heterocycles. The SMILES string of the molecule is Cc1cccc(C)c1.N#C[Se]C#N. The summed E-state index contributed by atoms with van der Waals surface area (Å²) in [6.45, 7) is 4.21. The second-order valence-electron chi connectivity index (χ2n) is 2.44. The van der Waals surface area contributed by atoms with E-state index in [0.29, 0.717) is 0 Å². The first kappa shape index (κ1) is 11.7. The van der Waals surface area contributed by atoms with Gasteiger partial charge in [0.2, 0.25) is 0 Å². The summed E-state index contributed by atoms with van der Waals surface area (Å²) in [5, 5.41) is 15.2. The zero-order valence-electron chi connectivity index (χ0n) is 7.61. The van der Waals surface area contributed by atoms with Crippen molar-refractivity contribution in [3.8, 4) is 9.94 Å². The molecule has 0 heterocycles. The second kappa shape index (κ2) is 7.37. The predicted molar refractivity (Wildman–Crippen MR) is 52.9 cm³/mol. The van der Waals surface area contributed by atoms with E-state index in [0.717, 1.165) is 0 Å². The molecule has 66 valence electrons. The molecule has 0 saturated carbocycles. The molecule has 13 heavy (non-hydrogen) atoms. The predicted octanol–water partition coefficient (Wildman–Crippen LogP) is 1.96. The first-order valence-corrected chi connectivity index (χ1v) is 5.39. The topological polar surface area (TPSA) is 47.6 Å². The van der Waals surface area contributed by atoms with Gasteiger partial charge in [0.25, 0.3) is 0 Å². The summed E-state index contributed by atoms with van der Waals surface area (Å²) in [6, 6.07) is 8.45. The molecule has 0 amide bonds. The van der Waals surface area contributed by atoms with Crippen molar-refractivity contribution in [3.05, 3.63) is 35.4 Å². The molecule has 0 unspecified atom stereocenters. The molecular weight excluding hydrogens is 227 g/mol. The van der Waals surface area contributed by atoms with Crippen LogP contribution >= 0.6 is 0 Å². The van der Waals surface area contributed by atoms with Crippen LogP contribution in [0, 0.1) is 34.3 Å². The maximum absolute atomic E-state index is 7.62. The summed E-state index contributed by atoms with van der Waals surface area (Å²) in [5.74, 6) is 0. The van der Waals surface area contributed by atoms with Crippen molar-refractivity contribution in [1.29, 1.82) is 10.5 Å². The van der Waals surface area contributed by atoms with Crippen LogP contribution in [-0.4, -0.2) is 15.0 Å². The molecule has 3 heteroatoms. The quantitative estimate of drug-likeness (QED) is 0.647. The summed E-state index contributed by atoms with van der Waals surface area (Å²) < 4.78 is 0. The first-order valence-electron chi connectivity index (χ1n) is 3.68. The van der Waals surface area contributed by atoms with E-state index in [-0.39, 0.29) is 0 Å². The van der Waals surface area contributed by atoms with Crippen LogP contribution < -0.4 is 0 Å². The van der Waals surface area contributed by atoms with Crippen molar-refractivity contribution in [2.75, 3.05) is 0 Å². The van der Waals surface area contributed by atoms with Gasteiger partial charge < -0.3 is 0 Å². The molecule has 2 nitrogen and oxygen atoms in total. The van der Waals surface area contributed by atoms with E-state index in [1.807, 2.05) is 0 Å². The Balaban J connectivity index is 0.000000252. The van der Waals surface area contributed by atoms with E-state index >= 15 is 0 Å². The van der Waals surface area contributed by atoms with Crippen LogP contribution in [-0.2, 0) is 0 Å². The van der Waals surface area contributed by atoms with E-state index in [2.05, 4.69) is 38.1 Å². The Morgan fingerprint density at radius 2 is 1.54 bits per heavy atom. The van der Waals surface area contributed by atoms with Crippen molar-refractivity contribution < 1.29 is 0 Å². The summed E-state index contributed by atoms with van der Waals surface area (Å²) in [6.07, 6.45) is 0. The van der Waals surface area contributed by atoms with Gasteiger partial charge in [-0.2, -0.15) is 0 Å². The summed E-state index contributed by atoms with van der Waals surface area (Å²) >= 11 is -0.431. The average Bonchev–Trinajstić information content (AvgIpc) is 2.06. The minimum atomic E-state index is -0.431. The Morgan fingerprint density at radius 3 is 1.69 bits per heavy atom. The van der Waals surface area contributed by atoms with Gasteiger partial charge in [0.05, 0.1) is 0 Å². The number of nitrogens with zero attached hydrogens (tertiary/aromatic N) is 2. The third-order valence-corrected chi connectivity index (χ3v) is 1.65. The molecule has 0 aliphatic carbocycles. The van der Waals surface area contributed by atoms with Crippen LogP contribution in [0.5, 0.6) is 0 Å². The fourth-order valence-electron chi connectivity index (χ4n) is 0.827.